The van der Waals surface area contributed by atoms with E-state index in [0.717, 1.165) is 22.9 Å². The molecular formula is C25H27F3N4O3. The summed E-state index contributed by atoms with van der Waals surface area (Å²) in [6, 6.07) is 11.6. The van der Waals surface area contributed by atoms with Gasteiger partial charge in [0.1, 0.15) is 11.3 Å². The zero-order valence-corrected chi connectivity index (χ0v) is 19.6. The Morgan fingerprint density at radius 1 is 1.09 bits per heavy atom. The van der Waals surface area contributed by atoms with Gasteiger partial charge in [-0.3, -0.25) is 0 Å². The van der Waals surface area contributed by atoms with Crippen molar-refractivity contribution in [2.75, 3.05) is 18.5 Å². The lowest BCUT2D eigenvalue weighted by atomic mass is 10.0. The zero-order valence-electron chi connectivity index (χ0n) is 19.6. The minimum Gasteiger partial charge on any atom is -0.444 e. The first-order valence-corrected chi connectivity index (χ1v) is 11.3. The van der Waals surface area contributed by atoms with E-state index in [4.69, 9.17) is 4.74 Å². The van der Waals surface area contributed by atoms with Gasteiger partial charge in [0.2, 0.25) is 0 Å². The van der Waals surface area contributed by atoms with Crippen LogP contribution < -0.4 is 5.32 Å². The molecule has 1 aliphatic heterocycles. The van der Waals surface area contributed by atoms with Crippen molar-refractivity contribution in [1.29, 1.82) is 0 Å². The molecular weight excluding hydrogens is 461 g/mol. The molecule has 1 amide bonds. The van der Waals surface area contributed by atoms with E-state index in [2.05, 4.69) is 15.5 Å². The largest absolute Gasteiger partial charge is 0.444 e. The normalized spacial score (nSPS) is 18.7. The zero-order chi connectivity index (χ0) is 25.4. The molecule has 1 saturated heterocycles. The van der Waals surface area contributed by atoms with Crippen LogP contribution in [0, 0.1) is 0 Å². The van der Waals surface area contributed by atoms with Gasteiger partial charge in [0.05, 0.1) is 18.2 Å². The van der Waals surface area contributed by atoms with Crippen molar-refractivity contribution in [3.63, 3.8) is 0 Å². The van der Waals surface area contributed by atoms with Gasteiger partial charge in [-0.15, -0.1) is 10.2 Å². The molecule has 1 aromatic heterocycles. The first kappa shape index (κ1) is 24.7. The summed E-state index contributed by atoms with van der Waals surface area (Å²) in [5.41, 5.74) is -0.398. The summed E-state index contributed by atoms with van der Waals surface area (Å²) < 4.78 is 44.3. The maximum absolute atomic E-state index is 12.9. The van der Waals surface area contributed by atoms with Crippen LogP contribution in [0.25, 0.3) is 22.0 Å². The van der Waals surface area contributed by atoms with Gasteiger partial charge < -0.3 is 20.1 Å². The number of hydrogen-bond donors (Lipinski definition) is 2. The molecule has 0 bridgehead atoms. The minimum atomic E-state index is -4.42. The smallest absolute Gasteiger partial charge is 0.416 e. The van der Waals surface area contributed by atoms with Gasteiger partial charge in [0, 0.05) is 28.9 Å². The number of benzene rings is 2. The van der Waals surface area contributed by atoms with Gasteiger partial charge in [-0.05, 0) is 39.3 Å². The number of likely N-dealkylation sites (tertiary alicyclic amines) is 1. The monoisotopic (exact) mass is 488 g/mol. The van der Waals surface area contributed by atoms with E-state index in [0.29, 0.717) is 30.0 Å². The minimum absolute atomic E-state index is 0.198. The number of aromatic nitrogens is 2. The number of nitrogens with zero attached hydrogens (tertiary/aromatic N) is 3. The number of aliphatic hydroxyl groups excluding tert-OH is 1. The van der Waals surface area contributed by atoms with Crippen molar-refractivity contribution < 1.29 is 27.8 Å². The van der Waals surface area contributed by atoms with Crippen LogP contribution in [0.5, 0.6) is 0 Å². The number of nitrogens with one attached hydrogen (secondary N) is 1. The summed E-state index contributed by atoms with van der Waals surface area (Å²) in [6.07, 6.45) is -4.41. The fourth-order valence-electron chi connectivity index (χ4n) is 4.17. The van der Waals surface area contributed by atoms with Gasteiger partial charge in [-0.25, -0.2) is 4.79 Å². The van der Waals surface area contributed by atoms with Gasteiger partial charge in [-0.1, -0.05) is 36.4 Å². The average molecular weight is 489 g/mol. The predicted molar refractivity (Wildman–Crippen MR) is 126 cm³/mol. The molecule has 4 rings (SSSR count). The van der Waals surface area contributed by atoms with E-state index < -0.39 is 29.5 Å². The molecule has 2 aromatic carbocycles. The van der Waals surface area contributed by atoms with Crippen molar-refractivity contribution >= 4 is 22.7 Å². The van der Waals surface area contributed by atoms with E-state index in [-0.39, 0.29) is 12.6 Å². The molecule has 0 saturated carbocycles. The SMILES string of the molecule is CC(C)(C)OC(=O)N1C[C@@H](Nc2nnc(-c3ccc(C(F)(F)F)cc3)c3ccccc23)C[C@H]1CO. The highest BCUT2D eigenvalue weighted by Crippen LogP contribution is 2.34. The maximum atomic E-state index is 12.9. The summed E-state index contributed by atoms with van der Waals surface area (Å²) in [4.78, 5) is 14.1. The molecule has 10 heteroatoms. The molecule has 2 N–H and O–H groups in total. The lowest BCUT2D eigenvalue weighted by Crippen LogP contribution is -2.41. The Labute approximate surface area is 200 Å². The van der Waals surface area contributed by atoms with Gasteiger partial charge in [0.15, 0.2) is 5.82 Å². The van der Waals surface area contributed by atoms with E-state index >= 15 is 0 Å². The van der Waals surface area contributed by atoms with Crippen molar-refractivity contribution in [2.45, 2.75) is 51.1 Å². The molecule has 0 unspecified atom stereocenters. The molecule has 7 nitrogen and oxygen atoms in total. The maximum Gasteiger partial charge on any atom is 0.416 e. The Bertz CT molecular complexity index is 1210. The number of fused-ring (bicyclic) bond motifs is 1. The molecule has 0 spiro atoms. The van der Waals surface area contributed by atoms with E-state index in [1.165, 1.54) is 17.0 Å². The second-order valence-electron chi connectivity index (χ2n) is 9.56. The lowest BCUT2D eigenvalue weighted by molar-refractivity contribution is -0.137. The van der Waals surface area contributed by atoms with E-state index in [9.17, 15) is 23.1 Å². The van der Waals surface area contributed by atoms with Crippen molar-refractivity contribution in [2.24, 2.45) is 0 Å². The summed E-state index contributed by atoms with van der Waals surface area (Å²) in [5, 5.41) is 23.2. The Hall–Kier alpha value is -3.40. The number of anilines is 1. The number of rotatable bonds is 4. The first-order chi connectivity index (χ1) is 16.5. The quantitative estimate of drug-likeness (QED) is 0.532. The van der Waals surface area contributed by atoms with Crippen LogP contribution in [0.15, 0.2) is 48.5 Å². The molecule has 1 aliphatic rings. The third-order valence-corrected chi connectivity index (χ3v) is 5.77. The first-order valence-electron chi connectivity index (χ1n) is 11.3. The highest BCUT2D eigenvalue weighted by Gasteiger charge is 2.37. The number of carbonyl (C=O) groups excluding carboxylic acids is 1. The summed E-state index contributed by atoms with van der Waals surface area (Å²) in [7, 11) is 0. The number of ether oxygens (including phenoxy) is 1. The van der Waals surface area contributed by atoms with Crippen LogP contribution in [-0.4, -0.2) is 57.1 Å². The second kappa shape index (κ2) is 9.33. The molecule has 0 radical (unpaired) electrons. The van der Waals surface area contributed by atoms with Gasteiger partial charge in [-0.2, -0.15) is 13.2 Å². The standard InChI is InChI=1S/C25H27F3N4O3/c1-24(2,3)35-23(34)32-13-17(12-18(32)14-33)29-22-20-7-5-4-6-19(20)21(30-31-22)15-8-10-16(11-9-15)25(26,27)28/h4-11,17-18,33H,12-14H2,1-3H3,(H,29,31)/t17-,18-/m0/s1. The van der Waals surface area contributed by atoms with Crippen LogP contribution in [0.4, 0.5) is 23.8 Å². The topological polar surface area (TPSA) is 87.6 Å². The van der Waals surface area contributed by atoms with E-state index in [1.54, 1.807) is 20.8 Å². The van der Waals surface area contributed by atoms with Crippen molar-refractivity contribution in [1.82, 2.24) is 15.1 Å². The van der Waals surface area contributed by atoms with Crippen LogP contribution in [0.2, 0.25) is 0 Å². The Balaban J connectivity index is 1.59. The predicted octanol–water partition coefficient (Wildman–Crippen LogP) is 5.10. The number of carbonyl (C=O) groups is 1. The Morgan fingerprint density at radius 2 is 1.74 bits per heavy atom. The van der Waals surface area contributed by atoms with E-state index in [1.807, 2.05) is 24.3 Å². The number of amides is 1. The van der Waals surface area contributed by atoms with Crippen LogP contribution in [0.1, 0.15) is 32.8 Å². The third-order valence-electron chi connectivity index (χ3n) is 5.77. The molecule has 35 heavy (non-hydrogen) atoms. The van der Waals surface area contributed by atoms with Crippen LogP contribution in [0.3, 0.4) is 0 Å². The highest BCUT2D eigenvalue weighted by molar-refractivity contribution is 6.00. The Morgan fingerprint density at radius 3 is 2.34 bits per heavy atom. The van der Waals surface area contributed by atoms with Gasteiger partial charge >= 0.3 is 12.3 Å². The molecule has 3 aromatic rings. The van der Waals surface area contributed by atoms with Crippen LogP contribution >= 0.6 is 0 Å². The summed E-state index contributed by atoms with van der Waals surface area (Å²) in [5.74, 6) is 0.490. The van der Waals surface area contributed by atoms with Crippen molar-refractivity contribution in [3.8, 4) is 11.3 Å². The molecule has 1 fully saturated rings. The number of hydrogen-bond acceptors (Lipinski definition) is 6. The molecule has 2 atom stereocenters. The third kappa shape index (κ3) is 5.48. The molecule has 2 heterocycles. The fourth-order valence-corrected chi connectivity index (χ4v) is 4.17. The molecule has 186 valence electrons. The van der Waals surface area contributed by atoms with Gasteiger partial charge in [0.25, 0.3) is 0 Å². The summed E-state index contributed by atoms with van der Waals surface area (Å²) >= 11 is 0. The number of alkyl halides is 3. The highest BCUT2D eigenvalue weighted by atomic mass is 19.4. The number of halogens is 3. The summed E-state index contributed by atoms with van der Waals surface area (Å²) in [6.45, 7) is 5.47. The average Bonchev–Trinajstić information content (AvgIpc) is 3.21. The molecule has 0 aliphatic carbocycles. The lowest BCUT2D eigenvalue weighted by Gasteiger charge is -2.27. The van der Waals surface area contributed by atoms with Crippen LogP contribution in [-0.2, 0) is 10.9 Å². The number of aliphatic hydroxyl groups is 1. The Kier molecular flexibility index (Phi) is 6.59. The fraction of sp³-hybridized carbons (Fsp3) is 0.400. The second-order valence-corrected chi connectivity index (χ2v) is 9.56. The van der Waals surface area contributed by atoms with Crippen molar-refractivity contribution in [3.05, 3.63) is 54.1 Å².